The van der Waals surface area contributed by atoms with E-state index in [1.165, 1.54) is 36.1 Å². The van der Waals surface area contributed by atoms with Gasteiger partial charge in [-0.05, 0) is 50.0 Å². The molecule has 4 heteroatoms. The van der Waals surface area contributed by atoms with E-state index in [4.69, 9.17) is 0 Å². The normalized spacial score (nSPS) is 18.9. The first-order valence-corrected chi connectivity index (χ1v) is 9.23. The smallest absolute Gasteiger partial charge is 0.274 e. The highest BCUT2D eigenvalue weighted by Gasteiger charge is 2.28. The number of H-pyrrole nitrogens is 1. The number of fused-ring (bicyclic) bond motifs is 1. The number of likely N-dealkylation sites (tertiary alicyclic amines) is 1. The van der Waals surface area contributed by atoms with Crippen molar-refractivity contribution in [2.24, 2.45) is 0 Å². The maximum atomic E-state index is 12.9. The summed E-state index contributed by atoms with van der Waals surface area (Å²) in [6, 6.07) is 10.7. The number of amides is 1. The summed E-state index contributed by atoms with van der Waals surface area (Å²) in [5.74, 6) is 0.701. The average Bonchev–Trinajstić information content (AvgIpc) is 2.90. The molecule has 1 aromatic carbocycles. The fourth-order valence-electron chi connectivity index (χ4n) is 4.13. The van der Waals surface area contributed by atoms with Crippen LogP contribution in [0.4, 0.5) is 0 Å². The Hall–Kier alpha value is -2.10. The van der Waals surface area contributed by atoms with Gasteiger partial charge in [0, 0.05) is 24.3 Å². The second-order valence-corrected chi connectivity index (χ2v) is 7.07. The Morgan fingerprint density at radius 2 is 1.79 bits per heavy atom. The summed E-state index contributed by atoms with van der Waals surface area (Å²) >= 11 is 0. The monoisotopic (exact) mass is 323 g/mol. The summed E-state index contributed by atoms with van der Waals surface area (Å²) in [5, 5.41) is 7.50. The second-order valence-electron chi connectivity index (χ2n) is 7.07. The van der Waals surface area contributed by atoms with Gasteiger partial charge in [0.05, 0.1) is 0 Å². The van der Waals surface area contributed by atoms with Crippen LogP contribution in [0.3, 0.4) is 0 Å². The highest BCUT2D eigenvalue weighted by atomic mass is 16.2. The number of carbonyl (C=O) groups is 1. The minimum Gasteiger partial charge on any atom is -0.337 e. The number of hydrogen-bond acceptors (Lipinski definition) is 2. The van der Waals surface area contributed by atoms with Gasteiger partial charge in [0.15, 0.2) is 5.69 Å². The van der Waals surface area contributed by atoms with E-state index >= 15 is 0 Å². The maximum Gasteiger partial charge on any atom is 0.274 e. The lowest BCUT2D eigenvalue weighted by Gasteiger charge is -2.32. The van der Waals surface area contributed by atoms with Gasteiger partial charge >= 0.3 is 0 Å². The molecule has 0 bridgehead atoms. The molecule has 2 aliphatic rings. The lowest BCUT2D eigenvalue weighted by molar-refractivity contribution is 0.0706. The largest absolute Gasteiger partial charge is 0.337 e. The van der Waals surface area contributed by atoms with Crippen LogP contribution in [0.1, 0.15) is 65.3 Å². The van der Waals surface area contributed by atoms with Gasteiger partial charge in [-0.25, -0.2) is 0 Å². The molecule has 4 nitrogen and oxygen atoms in total. The molecule has 1 aliphatic carbocycles. The van der Waals surface area contributed by atoms with Crippen molar-refractivity contribution in [2.75, 3.05) is 13.1 Å². The molecule has 1 saturated heterocycles. The number of rotatable bonds is 2. The van der Waals surface area contributed by atoms with Crippen LogP contribution in [0.2, 0.25) is 0 Å². The van der Waals surface area contributed by atoms with E-state index in [9.17, 15) is 4.79 Å². The molecule has 0 atom stereocenters. The van der Waals surface area contributed by atoms with E-state index in [1.54, 1.807) is 0 Å². The van der Waals surface area contributed by atoms with E-state index in [0.29, 0.717) is 11.6 Å². The first-order chi connectivity index (χ1) is 11.8. The molecule has 24 heavy (non-hydrogen) atoms. The molecule has 1 aromatic heterocycles. The molecule has 0 unspecified atom stereocenters. The fraction of sp³-hybridized carbons (Fsp3) is 0.500. The van der Waals surface area contributed by atoms with Crippen LogP contribution in [-0.4, -0.2) is 34.1 Å². The first kappa shape index (κ1) is 15.4. The van der Waals surface area contributed by atoms with Crippen LogP contribution < -0.4 is 0 Å². The van der Waals surface area contributed by atoms with Crippen molar-refractivity contribution in [3.63, 3.8) is 0 Å². The third-order valence-corrected chi connectivity index (χ3v) is 5.56. The zero-order valence-electron chi connectivity index (χ0n) is 14.1. The lowest BCUT2D eigenvalue weighted by atomic mass is 9.89. The van der Waals surface area contributed by atoms with E-state index < -0.39 is 0 Å². The average molecular weight is 323 g/mol. The standard InChI is InChI=1S/C20H25N3O/c24-20(19-17-9-5-2-6-10-18(17)21-22-19)23-13-11-16(12-14-23)15-7-3-1-4-8-15/h1,3-4,7-8,16H,2,5-6,9-14H2,(H,21,22). The Labute approximate surface area is 143 Å². The van der Waals surface area contributed by atoms with E-state index in [1.807, 2.05) is 4.90 Å². The number of aromatic amines is 1. The fourth-order valence-corrected chi connectivity index (χ4v) is 4.13. The maximum absolute atomic E-state index is 12.9. The number of hydrogen-bond donors (Lipinski definition) is 1. The predicted molar refractivity (Wildman–Crippen MR) is 94.2 cm³/mol. The highest BCUT2D eigenvalue weighted by Crippen LogP contribution is 2.29. The third-order valence-electron chi connectivity index (χ3n) is 5.56. The summed E-state index contributed by atoms with van der Waals surface area (Å²) in [4.78, 5) is 14.9. The van der Waals surface area contributed by atoms with Crippen LogP contribution in [0.25, 0.3) is 0 Å². The molecular formula is C20H25N3O. The summed E-state index contributed by atoms with van der Waals surface area (Å²) in [6.07, 6.45) is 7.73. The quantitative estimate of drug-likeness (QED) is 0.857. The van der Waals surface area contributed by atoms with E-state index in [2.05, 4.69) is 40.5 Å². The topological polar surface area (TPSA) is 49.0 Å². The zero-order chi connectivity index (χ0) is 16.4. The van der Waals surface area contributed by atoms with Crippen molar-refractivity contribution in [3.8, 4) is 0 Å². The van der Waals surface area contributed by atoms with Crippen LogP contribution in [0, 0.1) is 0 Å². The molecule has 4 rings (SSSR count). The number of nitrogens with one attached hydrogen (secondary N) is 1. The second kappa shape index (κ2) is 6.80. The Bertz CT molecular complexity index is 699. The van der Waals surface area contributed by atoms with Crippen LogP contribution in [0.5, 0.6) is 0 Å². The Balaban J connectivity index is 1.44. The molecule has 2 heterocycles. The summed E-state index contributed by atoms with van der Waals surface area (Å²) in [6.45, 7) is 1.67. The van der Waals surface area contributed by atoms with E-state index in [0.717, 1.165) is 38.8 Å². The van der Waals surface area contributed by atoms with Gasteiger partial charge in [-0.3, -0.25) is 9.89 Å². The molecule has 0 radical (unpaired) electrons. The summed E-state index contributed by atoms with van der Waals surface area (Å²) < 4.78 is 0. The highest BCUT2D eigenvalue weighted by molar-refractivity contribution is 5.94. The van der Waals surface area contributed by atoms with E-state index in [-0.39, 0.29) is 5.91 Å². The third kappa shape index (κ3) is 2.97. The van der Waals surface area contributed by atoms with Gasteiger partial charge in [0.1, 0.15) is 0 Å². The summed E-state index contributed by atoms with van der Waals surface area (Å²) in [7, 11) is 0. The molecular weight excluding hydrogens is 298 g/mol. The minimum atomic E-state index is 0.126. The molecule has 1 N–H and O–H groups in total. The SMILES string of the molecule is O=C(c1n[nH]c2c1CCCCC2)N1CCC(c2ccccc2)CC1. The van der Waals surface area contributed by atoms with Gasteiger partial charge < -0.3 is 4.90 Å². The molecule has 0 spiro atoms. The molecule has 1 amide bonds. The number of aryl methyl sites for hydroxylation is 1. The van der Waals surface area contributed by atoms with Crippen molar-refractivity contribution in [1.82, 2.24) is 15.1 Å². The number of aromatic nitrogens is 2. The van der Waals surface area contributed by atoms with Crippen molar-refractivity contribution in [2.45, 2.75) is 50.9 Å². The molecule has 1 aliphatic heterocycles. The van der Waals surface area contributed by atoms with Gasteiger partial charge in [0.25, 0.3) is 5.91 Å². The van der Waals surface area contributed by atoms with Gasteiger partial charge in [-0.15, -0.1) is 0 Å². The number of carbonyl (C=O) groups excluding carboxylic acids is 1. The van der Waals surface area contributed by atoms with Crippen molar-refractivity contribution < 1.29 is 4.79 Å². The lowest BCUT2D eigenvalue weighted by Crippen LogP contribution is -2.38. The zero-order valence-corrected chi connectivity index (χ0v) is 14.1. The summed E-state index contributed by atoms with van der Waals surface area (Å²) in [5.41, 5.74) is 4.46. The van der Waals surface area contributed by atoms with Crippen LogP contribution in [-0.2, 0) is 12.8 Å². The molecule has 1 fully saturated rings. The molecule has 0 saturated carbocycles. The van der Waals surface area contributed by atoms with Gasteiger partial charge in [-0.2, -0.15) is 5.10 Å². The first-order valence-electron chi connectivity index (χ1n) is 9.23. The Kier molecular flexibility index (Phi) is 4.37. The minimum absolute atomic E-state index is 0.126. The predicted octanol–water partition coefficient (Wildman–Crippen LogP) is 3.70. The van der Waals surface area contributed by atoms with Crippen molar-refractivity contribution in [1.29, 1.82) is 0 Å². The van der Waals surface area contributed by atoms with Gasteiger partial charge in [-0.1, -0.05) is 36.8 Å². The number of benzene rings is 1. The van der Waals surface area contributed by atoms with Crippen molar-refractivity contribution >= 4 is 5.91 Å². The van der Waals surface area contributed by atoms with Crippen LogP contribution in [0.15, 0.2) is 30.3 Å². The van der Waals surface area contributed by atoms with Crippen molar-refractivity contribution in [3.05, 3.63) is 52.8 Å². The Morgan fingerprint density at radius 3 is 2.58 bits per heavy atom. The molecule has 2 aromatic rings. The number of nitrogens with zero attached hydrogens (tertiary/aromatic N) is 2. The molecule has 126 valence electrons. The number of piperidine rings is 1. The van der Waals surface area contributed by atoms with Crippen LogP contribution >= 0.6 is 0 Å². The Morgan fingerprint density at radius 1 is 1.04 bits per heavy atom. The van der Waals surface area contributed by atoms with Gasteiger partial charge in [0.2, 0.25) is 0 Å².